The predicted octanol–water partition coefficient (Wildman–Crippen LogP) is 3.53. The summed E-state index contributed by atoms with van der Waals surface area (Å²) in [5, 5.41) is 15.5. The predicted molar refractivity (Wildman–Crippen MR) is 122 cm³/mol. The first-order chi connectivity index (χ1) is 16.0. The number of carboxylic acid groups (broad SMARTS) is 1. The summed E-state index contributed by atoms with van der Waals surface area (Å²) in [5.41, 5.74) is 3.01. The van der Waals surface area contributed by atoms with Gasteiger partial charge in [-0.05, 0) is 42.0 Å². The van der Waals surface area contributed by atoms with E-state index in [2.05, 4.69) is 21.8 Å². The number of hydrogen-bond donors (Lipinski definition) is 1. The van der Waals surface area contributed by atoms with Gasteiger partial charge in [0.1, 0.15) is 0 Å². The monoisotopic (exact) mass is 439 g/mol. The van der Waals surface area contributed by atoms with E-state index in [0.29, 0.717) is 6.54 Å². The Morgan fingerprint density at radius 3 is 2.33 bits per heavy atom. The second-order valence-corrected chi connectivity index (χ2v) is 8.96. The summed E-state index contributed by atoms with van der Waals surface area (Å²) in [6.07, 6.45) is 8.57. The van der Waals surface area contributed by atoms with Crippen molar-refractivity contribution in [2.75, 3.05) is 0 Å². The molecule has 7 heteroatoms. The van der Waals surface area contributed by atoms with E-state index in [1.165, 1.54) is 0 Å². The van der Waals surface area contributed by atoms with Crippen LogP contribution in [-0.2, 0) is 16.1 Å². The van der Waals surface area contributed by atoms with Crippen LogP contribution >= 0.6 is 0 Å². The van der Waals surface area contributed by atoms with Gasteiger partial charge in [0.05, 0.1) is 23.6 Å². The van der Waals surface area contributed by atoms with Crippen LogP contribution in [0.3, 0.4) is 0 Å². The molecule has 1 aromatic heterocycles. The molecule has 33 heavy (non-hydrogen) atoms. The van der Waals surface area contributed by atoms with E-state index in [-0.39, 0.29) is 41.0 Å². The van der Waals surface area contributed by atoms with Gasteiger partial charge < -0.3 is 9.67 Å². The maximum atomic E-state index is 12.9. The van der Waals surface area contributed by atoms with Crippen molar-refractivity contribution in [2.45, 2.75) is 13.0 Å². The van der Waals surface area contributed by atoms with Crippen LogP contribution in [0.4, 0.5) is 0 Å². The lowest BCUT2D eigenvalue weighted by atomic mass is 9.85. The Hall–Kier alpha value is -4.00. The van der Waals surface area contributed by atoms with Crippen molar-refractivity contribution in [3.05, 3.63) is 83.6 Å². The summed E-state index contributed by atoms with van der Waals surface area (Å²) in [4.78, 5) is 36.9. The number of fused-ring (bicyclic) bond motifs is 6. The van der Waals surface area contributed by atoms with Crippen molar-refractivity contribution in [3.63, 3.8) is 0 Å². The molecular formula is C26H21N3O4. The van der Waals surface area contributed by atoms with Gasteiger partial charge in [0.15, 0.2) is 0 Å². The van der Waals surface area contributed by atoms with Crippen molar-refractivity contribution in [2.24, 2.45) is 28.8 Å². The highest BCUT2D eigenvalue weighted by Gasteiger charge is 2.59. The standard InChI is InChI=1S/C26H21N3O4/c30-24-22-17-9-10-18(11-17)23(22)25(31)29(24)27-12-19-14-28(21-4-2-1-3-20(19)21)13-15-5-7-16(8-6-15)26(32)33/h1-10,12,14,17-18,22-23H,11,13H2,(H,32,33)/t17-,18-,22-,23+/m0/s1. The number of aromatic nitrogens is 1. The quantitative estimate of drug-likeness (QED) is 0.374. The van der Waals surface area contributed by atoms with Gasteiger partial charge in [-0.15, -0.1) is 0 Å². The molecule has 4 atom stereocenters. The molecule has 164 valence electrons. The number of carbonyl (C=O) groups excluding carboxylic acids is 2. The number of rotatable bonds is 5. The van der Waals surface area contributed by atoms with Crippen LogP contribution in [0.25, 0.3) is 10.9 Å². The second kappa shape index (κ2) is 7.27. The lowest BCUT2D eigenvalue weighted by Gasteiger charge is -2.13. The molecule has 0 unspecified atom stereocenters. The normalized spacial score (nSPS) is 25.6. The molecule has 2 fully saturated rings. The molecule has 1 saturated carbocycles. The number of imide groups is 1. The largest absolute Gasteiger partial charge is 0.478 e. The van der Waals surface area contributed by atoms with Gasteiger partial charge in [-0.3, -0.25) is 9.59 Å². The number of carbonyl (C=O) groups is 3. The number of carboxylic acids is 1. The molecule has 1 saturated heterocycles. The van der Waals surface area contributed by atoms with Crippen molar-refractivity contribution < 1.29 is 19.5 Å². The summed E-state index contributed by atoms with van der Waals surface area (Å²) in [6, 6.07) is 14.6. The zero-order valence-corrected chi connectivity index (χ0v) is 17.7. The zero-order chi connectivity index (χ0) is 22.7. The lowest BCUT2D eigenvalue weighted by Crippen LogP contribution is -2.28. The van der Waals surface area contributed by atoms with Gasteiger partial charge in [-0.2, -0.15) is 10.1 Å². The summed E-state index contributed by atoms with van der Waals surface area (Å²) < 4.78 is 2.05. The minimum atomic E-state index is -0.953. The van der Waals surface area contributed by atoms with Gasteiger partial charge >= 0.3 is 5.97 Å². The molecule has 2 amide bonds. The fourth-order valence-electron chi connectivity index (χ4n) is 5.58. The van der Waals surface area contributed by atoms with Crippen LogP contribution in [0.5, 0.6) is 0 Å². The number of allylic oxidation sites excluding steroid dienone is 2. The number of aromatic carboxylic acids is 1. The van der Waals surface area contributed by atoms with E-state index in [0.717, 1.165) is 33.5 Å². The van der Waals surface area contributed by atoms with Crippen LogP contribution in [0.15, 0.2) is 72.0 Å². The van der Waals surface area contributed by atoms with Gasteiger partial charge in [-0.1, -0.05) is 42.5 Å². The van der Waals surface area contributed by atoms with E-state index < -0.39 is 5.97 Å². The van der Waals surface area contributed by atoms with Crippen LogP contribution in [0, 0.1) is 23.7 Å². The third kappa shape index (κ3) is 3.03. The SMILES string of the molecule is O=C(O)c1ccc(Cn2cc(C=NN3C(=O)[C@@H]4[C@H](C3=O)[C@H]3C=C[C@H]4C3)c3ccccc32)cc1. The number of para-hydroxylation sites is 1. The third-order valence-electron chi connectivity index (χ3n) is 7.13. The second-order valence-electron chi connectivity index (χ2n) is 8.96. The molecule has 0 radical (unpaired) electrons. The van der Waals surface area contributed by atoms with Crippen molar-refractivity contribution in [1.82, 2.24) is 9.58 Å². The average molecular weight is 439 g/mol. The van der Waals surface area contributed by atoms with Crippen molar-refractivity contribution >= 4 is 34.9 Å². The van der Waals surface area contributed by atoms with E-state index in [9.17, 15) is 14.4 Å². The summed E-state index contributed by atoms with van der Waals surface area (Å²) in [7, 11) is 0. The first-order valence-corrected chi connectivity index (χ1v) is 11.0. The summed E-state index contributed by atoms with van der Waals surface area (Å²) in [6.45, 7) is 0.551. The fourth-order valence-corrected chi connectivity index (χ4v) is 5.58. The highest BCUT2D eigenvalue weighted by molar-refractivity contribution is 6.07. The number of hydrogen-bond acceptors (Lipinski definition) is 4. The summed E-state index contributed by atoms with van der Waals surface area (Å²) >= 11 is 0. The molecule has 2 aliphatic carbocycles. The van der Waals surface area contributed by atoms with Gasteiger partial charge in [0, 0.05) is 29.2 Å². The Balaban J connectivity index is 1.29. The molecule has 3 aliphatic rings. The molecule has 1 aliphatic heterocycles. The van der Waals surface area contributed by atoms with Crippen molar-refractivity contribution in [3.8, 4) is 0 Å². The van der Waals surface area contributed by atoms with E-state index in [1.807, 2.05) is 30.5 Å². The highest BCUT2D eigenvalue weighted by atomic mass is 16.4. The maximum Gasteiger partial charge on any atom is 0.335 e. The smallest absolute Gasteiger partial charge is 0.335 e. The van der Waals surface area contributed by atoms with Crippen LogP contribution in [0.1, 0.15) is 27.9 Å². The number of amides is 2. The Morgan fingerprint density at radius 1 is 1.00 bits per heavy atom. The zero-order valence-electron chi connectivity index (χ0n) is 17.7. The summed E-state index contributed by atoms with van der Waals surface area (Å²) in [5.74, 6) is -1.55. The third-order valence-corrected chi connectivity index (χ3v) is 7.13. The number of hydrazone groups is 1. The van der Waals surface area contributed by atoms with E-state index in [4.69, 9.17) is 5.11 Å². The lowest BCUT2D eigenvalue weighted by molar-refractivity contribution is -0.140. The van der Waals surface area contributed by atoms with Crippen LogP contribution in [0.2, 0.25) is 0 Å². The molecular weight excluding hydrogens is 418 g/mol. The minimum Gasteiger partial charge on any atom is -0.478 e. The Morgan fingerprint density at radius 2 is 1.67 bits per heavy atom. The fraction of sp³-hybridized carbons (Fsp3) is 0.231. The molecule has 3 aromatic rings. The van der Waals surface area contributed by atoms with Crippen molar-refractivity contribution in [1.29, 1.82) is 0 Å². The first kappa shape index (κ1) is 19.7. The average Bonchev–Trinajstić information content (AvgIpc) is 3.57. The van der Waals surface area contributed by atoms with E-state index in [1.54, 1.807) is 30.5 Å². The molecule has 1 N–H and O–H groups in total. The molecule has 2 aromatic carbocycles. The highest BCUT2D eigenvalue weighted by Crippen LogP contribution is 2.52. The molecule has 7 nitrogen and oxygen atoms in total. The molecule has 2 heterocycles. The van der Waals surface area contributed by atoms with Gasteiger partial charge in [0.25, 0.3) is 11.8 Å². The van der Waals surface area contributed by atoms with Gasteiger partial charge in [0.2, 0.25) is 0 Å². The van der Waals surface area contributed by atoms with Crippen LogP contribution in [-0.4, -0.2) is 38.7 Å². The Bertz CT molecular complexity index is 1340. The molecule has 2 bridgehead atoms. The van der Waals surface area contributed by atoms with Gasteiger partial charge in [-0.25, -0.2) is 4.79 Å². The molecule has 0 spiro atoms. The minimum absolute atomic E-state index is 0.158. The van der Waals surface area contributed by atoms with Crippen LogP contribution < -0.4 is 0 Å². The Kier molecular flexibility index (Phi) is 4.33. The topological polar surface area (TPSA) is 92.0 Å². The number of nitrogens with zero attached hydrogens (tertiary/aromatic N) is 3. The Labute approximate surface area is 189 Å². The molecule has 6 rings (SSSR count). The maximum absolute atomic E-state index is 12.9. The first-order valence-electron chi connectivity index (χ1n) is 11.0. The number of benzene rings is 2. The van der Waals surface area contributed by atoms with E-state index >= 15 is 0 Å².